The number of carbonyl (C=O) groups excluding carboxylic acids is 2. The fourth-order valence-corrected chi connectivity index (χ4v) is 2.13. The second kappa shape index (κ2) is 8.91. The van der Waals surface area contributed by atoms with Gasteiger partial charge in [-0.15, -0.1) is 0 Å². The number of rotatable bonds is 6. The number of nitrogens with zero attached hydrogens (tertiary/aromatic N) is 1. The molecule has 1 N–H and O–H groups in total. The van der Waals surface area contributed by atoms with E-state index in [1.165, 1.54) is 49.4 Å². The monoisotopic (exact) mass is 392 g/mol. The van der Waals surface area contributed by atoms with E-state index in [4.69, 9.17) is 16.3 Å². The van der Waals surface area contributed by atoms with Crippen molar-refractivity contribution < 1.29 is 23.6 Å². The molecule has 0 aliphatic heterocycles. The van der Waals surface area contributed by atoms with Crippen LogP contribution < -0.4 is 5.32 Å². The van der Waals surface area contributed by atoms with Crippen molar-refractivity contribution in [1.29, 1.82) is 0 Å². The standard InChI is InChI=1S/C18H14ClFN2O5/c1-11(27-17(23)9-4-12-2-5-13(20)6-3-12)18(24)21-16-10-14(22(25)26)7-8-15(16)19/h2-11H,1H3,(H,21,24)/b9-4+. The smallest absolute Gasteiger partial charge is 0.331 e. The Bertz CT molecular complexity index is 899. The summed E-state index contributed by atoms with van der Waals surface area (Å²) in [5, 5.41) is 13.3. The van der Waals surface area contributed by atoms with Gasteiger partial charge in [0.1, 0.15) is 5.82 Å². The van der Waals surface area contributed by atoms with Gasteiger partial charge in [0, 0.05) is 18.2 Å². The number of nitro groups is 1. The summed E-state index contributed by atoms with van der Waals surface area (Å²) in [4.78, 5) is 34.1. The Hall–Kier alpha value is -3.26. The van der Waals surface area contributed by atoms with Gasteiger partial charge in [0.05, 0.1) is 15.6 Å². The Morgan fingerprint density at radius 2 is 1.93 bits per heavy atom. The zero-order valence-electron chi connectivity index (χ0n) is 14.0. The normalized spacial score (nSPS) is 11.8. The highest BCUT2D eigenvalue weighted by molar-refractivity contribution is 6.33. The number of hydrogen-bond donors (Lipinski definition) is 1. The summed E-state index contributed by atoms with van der Waals surface area (Å²) < 4.78 is 17.8. The fourth-order valence-electron chi connectivity index (χ4n) is 1.96. The highest BCUT2D eigenvalue weighted by atomic mass is 35.5. The number of esters is 1. The molecule has 1 atom stereocenters. The topological polar surface area (TPSA) is 98.5 Å². The van der Waals surface area contributed by atoms with Crippen molar-refractivity contribution in [3.63, 3.8) is 0 Å². The molecule has 0 fully saturated rings. The first-order valence-corrected chi connectivity index (χ1v) is 8.03. The minimum Gasteiger partial charge on any atom is -0.449 e. The quantitative estimate of drug-likeness (QED) is 0.347. The van der Waals surface area contributed by atoms with Crippen molar-refractivity contribution in [2.24, 2.45) is 0 Å². The van der Waals surface area contributed by atoms with Gasteiger partial charge in [-0.1, -0.05) is 23.7 Å². The molecule has 1 unspecified atom stereocenters. The van der Waals surface area contributed by atoms with Gasteiger partial charge < -0.3 is 10.1 Å². The van der Waals surface area contributed by atoms with Crippen molar-refractivity contribution in [2.45, 2.75) is 13.0 Å². The SMILES string of the molecule is CC(OC(=O)/C=C/c1ccc(F)cc1)C(=O)Nc1cc([N+](=O)[O-])ccc1Cl. The molecular weight excluding hydrogens is 379 g/mol. The van der Waals surface area contributed by atoms with E-state index in [1.807, 2.05) is 0 Å². The highest BCUT2D eigenvalue weighted by Crippen LogP contribution is 2.26. The van der Waals surface area contributed by atoms with E-state index in [-0.39, 0.29) is 16.4 Å². The number of ether oxygens (including phenoxy) is 1. The number of anilines is 1. The molecule has 2 aromatic rings. The van der Waals surface area contributed by atoms with Gasteiger partial charge >= 0.3 is 5.97 Å². The van der Waals surface area contributed by atoms with E-state index in [0.29, 0.717) is 5.56 Å². The molecule has 9 heteroatoms. The van der Waals surface area contributed by atoms with E-state index >= 15 is 0 Å². The van der Waals surface area contributed by atoms with Gasteiger partial charge in [-0.2, -0.15) is 0 Å². The Morgan fingerprint density at radius 3 is 2.56 bits per heavy atom. The van der Waals surface area contributed by atoms with Gasteiger partial charge in [-0.3, -0.25) is 14.9 Å². The van der Waals surface area contributed by atoms with Crippen LogP contribution in [0.4, 0.5) is 15.8 Å². The van der Waals surface area contributed by atoms with E-state index in [9.17, 15) is 24.1 Å². The molecule has 2 rings (SSSR count). The number of nitro benzene ring substituents is 1. The van der Waals surface area contributed by atoms with Crippen LogP contribution in [0.15, 0.2) is 48.5 Å². The Kier molecular flexibility index (Phi) is 6.62. The van der Waals surface area contributed by atoms with Crippen LogP contribution in [0.3, 0.4) is 0 Å². The van der Waals surface area contributed by atoms with Crippen molar-refractivity contribution >= 4 is 40.9 Å². The van der Waals surface area contributed by atoms with Gasteiger partial charge in [-0.05, 0) is 36.8 Å². The Morgan fingerprint density at radius 1 is 1.26 bits per heavy atom. The van der Waals surface area contributed by atoms with E-state index in [0.717, 1.165) is 12.1 Å². The van der Waals surface area contributed by atoms with Gasteiger partial charge in [0.2, 0.25) is 0 Å². The van der Waals surface area contributed by atoms with E-state index in [1.54, 1.807) is 0 Å². The number of hydrogen-bond acceptors (Lipinski definition) is 5. The number of carbonyl (C=O) groups is 2. The molecule has 1 amide bonds. The summed E-state index contributed by atoms with van der Waals surface area (Å²) in [5.41, 5.74) is 0.357. The third-order valence-corrected chi connectivity index (χ3v) is 3.69. The second-order valence-corrected chi connectivity index (χ2v) is 5.78. The fraction of sp³-hybridized carbons (Fsp3) is 0.111. The third-order valence-electron chi connectivity index (χ3n) is 3.36. The van der Waals surface area contributed by atoms with Crippen LogP contribution in [0.2, 0.25) is 5.02 Å². The minimum atomic E-state index is -1.18. The van der Waals surface area contributed by atoms with Crippen LogP contribution >= 0.6 is 11.6 Å². The average molecular weight is 393 g/mol. The summed E-state index contributed by atoms with van der Waals surface area (Å²) >= 11 is 5.90. The van der Waals surface area contributed by atoms with Gasteiger partial charge in [0.15, 0.2) is 6.10 Å². The molecule has 0 aliphatic carbocycles. The predicted molar refractivity (Wildman–Crippen MR) is 97.7 cm³/mol. The lowest BCUT2D eigenvalue weighted by Gasteiger charge is -2.13. The first-order valence-electron chi connectivity index (χ1n) is 7.65. The molecule has 0 spiro atoms. The molecule has 7 nitrogen and oxygen atoms in total. The Balaban J connectivity index is 1.97. The highest BCUT2D eigenvalue weighted by Gasteiger charge is 2.19. The third kappa shape index (κ3) is 5.89. The van der Waals surface area contributed by atoms with E-state index in [2.05, 4.69) is 5.32 Å². The first kappa shape index (κ1) is 20.1. The van der Waals surface area contributed by atoms with Crippen LogP contribution in [0, 0.1) is 15.9 Å². The lowest BCUT2D eigenvalue weighted by atomic mass is 10.2. The molecule has 140 valence electrons. The largest absolute Gasteiger partial charge is 0.449 e. The zero-order chi connectivity index (χ0) is 20.0. The van der Waals surface area contributed by atoms with Gasteiger partial charge in [-0.25, -0.2) is 9.18 Å². The summed E-state index contributed by atoms with van der Waals surface area (Å²) in [6.07, 6.45) is 1.33. The molecule has 0 saturated heterocycles. The maximum absolute atomic E-state index is 12.8. The number of halogens is 2. The molecule has 0 aromatic heterocycles. The molecule has 2 aromatic carbocycles. The molecule has 0 saturated carbocycles. The maximum Gasteiger partial charge on any atom is 0.331 e. The summed E-state index contributed by atoms with van der Waals surface area (Å²) in [6.45, 7) is 1.34. The van der Waals surface area contributed by atoms with E-state index < -0.39 is 28.7 Å². The van der Waals surface area contributed by atoms with Crippen LogP contribution in [-0.4, -0.2) is 22.9 Å². The summed E-state index contributed by atoms with van der Waals surface area (Å²) in [5.74, 6) is -1.90. The average Bonchev–Trinajstić information content (AvgIpc) is 2.62. The number of benzene rings is 2. The predicted octanol–water partition coefficient (Wildman–Crippen LogP) is 3.97. The maximum atomic E-state index is 12.8. The minimum absolute atomic E-state index is 0.0284. The zero-order valence-corrected chi connectivity index (χ0v) is 14.8. The number of amides is 1. The summed E-state index contributed by atoms with van der Waals surface area (Å²) in [7, 11) is 0. The molecule has 0 bridgehead atoms. The summed E-state index contributed by atoms with van der Waals surface area (Å²) in [6, 6.07) is 9.00. The molecular formula is C18H14ClFN2O5. The van der Waals surface area contributed by atoms with Crippen molar-refractivity contribution in [3.05, 3.63) is 75.1 Å². The lowest BCUT2D eigenvalue weighted by molar-refractivity contribution is -0.384. The Labute approximate surface area is 158 Å². The second-order valence-electron chi connectivity index (χ2n) is 5.37. The van der Waals surface area contributed by atoms with Crippen molar-refractivity contribution in [1.82, 2.24) is 0 Å². The first-order chi connectivity index (χ1) is 12.8. The number of non-ortho nitro benzene ring substituents is 1. The molecule has 0 heterocycles. The van der Waals surface area contributed by atoms with Crippen molar-refractivity contribution in [3.8, 4) is 0 Å². The lowest BCUT2D eigenvalue weighted by Crippen LogP contribution is -2.29. The molecule has 0 radical (unpaired) electrons. The van der Waals surface area contributed by atoms with Crippen LogP contribution in [0.25, 0.3) is 6.08 Å². The van der Waals surface area contributed by atoms with Crippen LogP contribution in [-0.2, 0) is 14.3 Å². The number of nitrogens with one attached hydrogen (secondary N) is 1. The van der Waals surface area contributed by atoms with Crippen LogP contribution in [0.1, 0.15) is 12.5 Å². The van der Waals surface area contributed by atoms with Crippen molar-refractivity contribution in [2.75, 3.05) is 5.32 Å². The molecule has 0 aliphatic rings. The van der Waals surface area contributed by atoms with Gasteiger partial charge in [0.25, 0.3) is 11.6 Å². The van der Waals surface area contributed by atoms with Crippen LogP contribution in [0.5, 0.6) is 0 Å². The molecule has 27 heavy (non-hydrogen) atoms.